The number of likely N-dealkylation sites (tertiary alicyclic amines) is 1. The van der Waals surface area contributed by atoms with Gasteiger partial charge in [0, 0.05) is 57.3 Å². The molecule has 2 saturated heterocycles. The number of aryl methyl sites for hydroxylation is 1. The first-order valence-corrected chi connectivity index (χ1v) is 18.2. The smallest absolute Gasteiger partial charge is 0.262 e. The van der Waals surface area contributed by atoms with Gasteiger partial charge in [0.1, 0.15) is 29.4 Å². The molecule has 0 spiro atoms. The molecule has 5 heterocycles. The second kappa shape index (κ2) is 15.4. The molecule has 0 bridgehead atoms. The van der Waals surface area contributed by atoms with Crippen LogP contribution in [0.4, 0.5) is 0 Å². The molecule has 0 radical (unpaired) electrons. The van der Waals surface area contributed by atoms with Gasteiger partial charge in [-0.15, -0.1) is 0 Å². The molecular weight excluding hydrogens is 692 g/mol. The topological polar surface area (TPSA) is 153 Å². The average molecular weight is 737 g/mol. The normalized spacial score (nSPS) is 18.0. The minimum atomic E-state index is -1.00. The summed E-state index contributed by atoms with van der Waals surface area (Å²) in [5.41, 5.74) is 3.06. The highest BCUT2D eigenvalue weighted by Gasteiger charge is 2.44. The summed E-state index contributed by atoms with van der Waals surface area (Å²) in [5.74, 6) is -0.184. The summed E-state index contributed by atoms with van der Waals surface area (Å²) in [4.78, 5) is 72.7. The summed E-state index contributed by atoms with van der Waals surface area (Å²) in [5, 5.41) is 3.58. The Labute approximate surface area is 312 Å². The van der Waals surface area contributed by atoms with Crippen molar-refractivity contribution in [2.75, 3.05) is 47.4 Å². The highest BCUT2D eigenvalue weighted by Crippen LogP contribution is 2.38. The second-order valence-corrected chi connectivity index (χ2v) is 14.1. The maximum absolute atomic E-state index is 13.2. The number of carbonyl (C=O) groups is 4. The standard InChI is InChI=1S/C40H44N6O8/c1-43(22-32-34(52-3)18-24(19-35(32)53-4)31-23-44(2)38(49)30-21-41-13-10-27(30)31)14-5-15-45-16-11-25(12-17-45)54-26-6-7-28-29(20-26)40(51)46(39(28)50)33-8-9-36(47)42-37(33)48/h6-7,10,13,18-21,23,25,33H,5,8-9,11-12,14-17,22H2,1-4H3,(H,42,47,48). The van der Waals surface area contributed by atoms with Crippen molar-refractivity contribution in [3.63, 3.8) is 0 Å². The molecule has 2 aromatic carbocycles. The molecule has 0 aliphatic carbocycles. The first-order chi connectivity index (χ1) is 26.1. The van der Waals surface area contributed by atoms with E-state index in [9.17, 15) is 24.0 Å². The van der Waals surface area contributed by atoms with E-state index in [2.05, 4.69) is 27.1 Å². The number of fused-ring (bicyclic) bond motifs is 2. The SMILES string of the molecule is COc1cc(-c2cn(C)c(=O)c3cnccc23)cc(OC)c1CN(C)CCCN1CCC(Oc2ccc3c(c2)C(=O)N(C2CCC(=O)NC2=O)C3=O)CC1. The fourth-order valence-corrected chi connectivity index (χ4v) is 7.72. The Kier molecular flexibility index (Phi) is 10.5. The summed E-state index contributed by atoms with van der Waals surface area (Å²) in [6, 6.07) is 9.70. The summed E-state index contributed by atoms with van der Waals surface area (Å²) in [7, 11) is 7.12. The summed E-state index contributed by atoms with van der Waals surface area (Å²) in [6.07, 6.45) is 7.89. The molecule has 14 nitrogen and oxygen atoms in total. The summed E-state index contributed by atoms with van der Waals surface area (Å²) < 4.78 is 19.6. The van der Waals surface area contributed by atoms with Gasteiger partial charge in [0.15, 0.2) is 0 Å². The third kappa shape index (κ3) is 7.18. The van der Waals surface area contributed by atoms with Crippen molar-refractivity contribution in [1.29, 1.82) is 0 Å². The largest absolute Gasteiger partial charge is 0.496 e. The monoisotopic (exact) mass is 736 g/mol. The number of hydrogen-bond acceptors (Lipinski definition) is 11. The van der Waals surface area contributed by atoms with Crippen LogP contribution >= 0.6 is 0 Å². The molecule has 14 heteroatoms. The average Bonchev–Trinajstić information content (AvgIpc) is 3.41. The van der Waals surface area contributed by atoms with E-state index < -0.39 is 29.7 Å². The molecular formula is C40H44N6O8. The van der Waals surface area contributed by atoms with E-state index in [0.29, 0.717) is 29.2 Å². The molecule has 54 heavy (non-hydrogen) atoms. The molecule has 2 aromatic heterocycles. The van der Waals surface area contributed by atoms with Gasteiger partial charge in [0.05, 0.1) is 36.3 Å². The minimum Gasteiger partial charge on any atom is -0.496 e. The number of nitrogens with zero attached hydrogens (tertiary/aromatic N) is 5. The fourth-order valence-electron chi connectivity index (χ4n) is 7.72. The number of benzene rings is 2. The first kappa shape index (κ1) is 36.7. The molecule has 3 aliphatic rings. The Morgan fingerprint density at radius 3 is 2.31 bits per heavy atom. The highest BCUT2D eigenvalue weighted by molar-refractivity contribution is 6.23. The summed E-state index contributed by atoms with van der Waals surface area (Å²) >= 11 is 0. The second-order valence-electron chi connectivity index (χ2n) is 14.1. The number of amides is 4. The van der Waals surface area contributed by atoms with Crippen molar-refractivity contribution < 1.29 is 33.4 Å². The number of aromatic nitrogens is 2. The van der Waals surface area contributed by atoms with Gasteiger partial charge in [-0.25, -0.2) is 0 Å². The predicted octanol–water partition coefficient (Wildman–Crippen LogP) is 3.38. The van der Waals surface area contributed by atoms with E-state index in [1.807, 2.05) is 24.4 Å². The quantitative estimate of drug-likeness (QED) is 0.213. The Morgan fingerprint density at radius 2 is 1.61 bits per heavy atom. The number of methoxy groups -OCH3 is 2. The Balaban J connectivity index is 0.913. The number of imide groups is 2. The predicted molar refractivity (Wildman–Crippen MR) is 200 cm³/mol. The Morgan fingerprint density at radius 1 is 0.889 bits per heavy atom. The van der Waals surface area contributed by atoms with Gasteiger partial charge in [-0.2, -0.15) is 0 Å². The molecule has 1 N–H and O–H groups in total. The highest BCUT2D eigenvalue weighted by atomic mass is 16.5. The van der Waals surface area contributed by atoms with Crippen LogP contribution in [0.5, 0.6) is 17.2 Å². The van der Waals surface area contributed by atoms with Gasteiger partial charge in [-0.3, -0.25) is 39.2 Å². The van der Waals surface area contributed by atoms with Crippen LogP contribution in [0.3, 0.4) is 0 Å². The molecule has 4 aromatic rings. The zero-order valence-electron chi connectivity index (χ0n) is 30.9. The van der Waals surface area contributed by atoms with Crippen molar-refractivity contribution in [2.24, 2.45) is 7.05 Å². The van der Waals surface area contributed by atoms with Gasteiger partial charge in [-0.05, 0) is 93.2 Å². The van der Waals surface area contributed by atoms with Crippen LogP contribution in [0.25, 0.3) is 21.9 Å². The lowest BCUT2D eigenvalue weighted by molar-refractivity contribution is -0.136. The lowest BCUT2D eigenvalue weighted by Gasteiger charge is -2.32. The maximum atomic E-state index is 13.2. The lowest BCUT2D eigenvalue weighted by Crippen LogP contribution is -2.54. The maximum Gasteiger partial charge on any atom is 0.262 e. The van der Waals surface area contributed by atoms with Gasteiger partial charge >= 0.3 is 0 Å². The molecule has 4 amide bonds. The zero-order chi connectivity index (χ0) is 38.1. The van der Waals surface area contributed by atoms with Crippen LogP contribution in [-0.4, -0.2) is 107 Å². The van der Waals surface area contributed by atoms with Crippen molar-refractivity contribution in [3.05, 3.63) is 82.0 Å². The third-order valence-corrected chi connectivity index (χ3v) is 10.6. The van der Waals surface area contributed by atoms with Crippen LogP contribution in [0.15, 0.2) is 59.8 Å². The van der Waals surface area contributed by atoms with E-state index in [4.69, 9.17) is 14.2 Å². The summed E-state index contributed by atoms with van der Waals surface area (Å²) in [6.45, 7) is 4.17. The van der Waals surface area contributed by atoms with Gasteiger partial charge in [0.2, 0.25) is 11.8 Å². The van der Waals surface area contributed by atoms with E-state index in [1.54, 1.807) is 56.4 Å². The van der Waals surface area contributed by atoms with Crippen LogP contribution in [0.2, 0.25) is 0 Å². The van der Waals surface area contributed by atoms with E-state index in [1.165, 1.54) is 0 Å². The van der Waals surface area contributed by atoms with Crippen molar-refractivity contribution in [1.82, 2.24) is 29.6 Å². The first-order valence-electron chi connectivity index (χ1n) is 18.2. The Hall–Kier alpha value is -5.60. The molecule has 1 unspecified atom stereocenters. The zero-order valence-corrected chi connectivity index (χ0v) is 30.9. The molecule has 1 atom stereocenters. The van der Waals surface area contributed by atoms with E-state index >= 15 is 0 Å². The van der Waals surface area contributed by atoms with Crippen molar-refractivity contribution in [2.45, 2.75) is 50.8 Å². The van der Waals surface area contributed by atoms with Crippen molar-refractivity contribution in [3.8, 4) is 28.4 Å². The number of carbonyl (C=O) groups excluding carboxylic acids is 4. The van der Waals surface area contributed by atoms with E-state index in [0.717, 1.165) is 72.4 Å². The van der Waals surface area contributed by atoms with Crippen LogP contribution < -0.4 is 25.1 Å². The number of rotatable bonds is 12. The van der Waals surface area contributed by atoms with Gasteiger partial charge < -0.3 is 28.6 Å². The van der Waals surface area contributed by atoms with Gasteiger partial charge in [-0.1, -0.05) is 0 Å². The fraction of sp³-hybridized carbons (Fsp3) is 0.400. The van der Waals surface area contributed by atoms with Crippen LogP contribution in [-0.2, 0) is 23.2 Å². The van der Waals surface area contributed by atoms with E-state index in [-0.39, 0.29) is 35.6 Å². The molecule has 282 valence electrons. The molecule has 0 saturated carbocycles. The molecule has 3 aliphatic heterocycles. The van der Waals surface area contributed by atoms with Crippen LogP contribution in [0, 0.1) is 0 Å². The lowest BCUT2D eigenvalue weighted by atomic mass is 9.99. The van der Waals surface area contributed by atoms with Crippen LogP contribution in [0.1, 0.15) is 58.4 Å². The molecule has 7 rings (SSSR count). The van der Waals surface area contributed by atoms with Crippen molar-refractivity contribution >= 4 is 34.4 Å². The number of pyridine rings is 2. The third-order valence-electron chi connectivity index (χ3n) is 10.6. The number of hydrogen-bond donors (Lipinski definition) is 1. The number of piperidine rings is 2. The number of ether oxygens (including phenoxy) is 3. The number of nitrogens with one attached hydrogen (secondary N) is 1. The minimum absolute atomic E-state index is 0.0290. The Bertz CT molecular complexity index is 2170. The van der Waals surface area contributed by atoms with Gasteiger partial charge in [0.25, 0.3) is 17.4 Å². The molecule has 2 fully saturated rings.